The number of nitrogens with one attached hydrogen (secondary N) is 1. The van der Waals surface area contributed by atoms with Crippen molar-refractivity contribution in [2.24, 2.45) is 0 Å². The highest BCUT2D eigenvalue weighted by molar-refractivity contribution is 5.52. The number of hydrogen-bond donors (Lipinski definition) is 2. The maximum atomic E-state index is 10.2. The molecule has 0 amide bonds. The second kappa shape index (κ2) is 9.89. The summed E-state index contributed by atoms with van der Waals surface area (Å²) in [6.07, 6.45) is 0. The molecule has 30 heavy (non-hydrogen) atoms. The van der Waals surface area contributed by atoms with Gasteiger partial charge in [0.2, 0.25) is 5.75 Å². The first-order chi connectivity index (χ1) is 14.6. The lowest BCUT2D eigenvalue weighted by atomic mass is 9.98. The van der Waals surface area contributed by atoms with Gasteiger partial charge in [-0.1, -0.05) is 24.3 Å². The van der Waals surface area contributed by atoms with E-state index in [0.29, 0.717) is 18.0 Å². The molecule has 0 aliphatic carbocycles. The van der Waals surface area contributed by atoms with E-state index in [1.165, 1.54) is 14.2 Å². The molecular weight excluding hydrogens is 382 g/mol. The van der Waals surface area contributed by atoms with Gasteiger partial charge in [0.15, 0.2) is 11.5 Å². The Morgan fingerprint density at radius 2 is 1.13 bits per heavy atom. The van der Waals surface area contributed by atoms with Crippen molar-refractivity contribution in [3.8, 4) is 28.7 Å². The molecule has 158 valence electrons. The Labute approximate surface area is 177 Å². The van der Waals surface area contributed by atoms with Gasteiger partial charge in [-0.3, -0.25) is 0 Å². The highest BCUT2D eigenvalue weighted by Gasteiger charge is 2.16. The molecule has 0 heterocycles. The van der Waals surface area contributed by atoms with E-state index in [9.17, 15) is 5.11 Å². The highest BCUT2D eigenvalue weighted by Crippen LogP contribution is 2.37. The largest absolute Gasteiger partial charge is 0.502 e. The van der Waals surface area contributed by atoms with Crippen LogP contribution in [0.25, 0.3) is 0 Å². The molecule has 0 saturated heterocycles. The lowest BCUT2D eigenvalue weighted by Gasteiger charge is -2.21. The van der Waals surface area contributed by atoms with Gasteiger partial charge in [0.1, 0.15) is 11.5 Å². The Bertz CT molecular complexity index is 882. The number of rotatable bonds is 9. The number of aromatic hydroxyl groups is 1. The molecule has 3 aromatic rings. The van der Waals surface area contributed by atoms with Gasteiger partial charge in [0, 0.05) is 6.54 Å². The molecule has 6 nitrogen and oxygen atoms in total. The van der Waals surface area contributed by atoms with Crippen molar-refractivity contribution >= 4 is 0 Å². The van der Waals surface area contributed by atoms with Crippen LogP contribution < -0.4 is 24.3 Å². The summed E-state index contributed by atoms with van der Waals surface area (Å²) in [6, 6.07) is 19.5. The van der Waals surface area contributed by atoms with Crippen molar-refractivity contribution in [1.29, 1.82) is 0 Å². The average Bonchev–Trinajstić information content (AvgIpc) is 2.80. The van der Waals surface area contributed by atoms with Crippen molar-refractivity contribution in [3.05, 3.63) is 77.4 Å². The Balaban J connectivity index is 1.90. The van der Waals surface area contributed by atoms with Crippen LogP contribution >= 0.6 is 0 Å². The standard InChI is InChI=1S/C24H27NO5/c1-27-19-9-5-17(6-10-19)23(18-7-11-20(28-2)12-8-18)25-15-16-13-21(29-3)24(26)22(14-16)30-4/h5-14,23,25-26H,15H2,1-4H3. The fourth-order valence-electron chi connectivity index (χ4n) is 3.29. The first-order valence-corrected chi connectivity index (χ1v) is 9.54. The molecule has 0 aromatic heterocycles. The smallest absolute Gasteiger partial charge is 0.200 e. The van der Waals surface area contributed by atoms with Crippen LogP contribution in [0.1, 0.15) is 22.7 Å². The first kappa shape index (κ1) is 21.3. The molecule has 0 bridgehead atoms. The van der Waals surface area contributed by atoms with Crippen molar-refractivity contribution in [1.82, 2.24) is 5.32 Å². The minimum absolute atomic E-state index is 0.00870. The van der Waals surface area contributed by atoms with E-state index < -0.39 is 0 Å². The summed E-state index contributed by atoms with van der Waals surface area (Å²) in [5.74, 6) is 2.35. The molecule has 0 unspecified atom stereocenters. The Morgan fingerprint density at radius 1 is 0.700 bits per heavy atom. The number of phenols is 1. The van der Waals surface area contributed by atoms with Gasteiger partial charge in [-0.05, 0) is 53.1 Å². The summed E-state index contributed by atoms with van der Waals surface area (Å²) in [5.41, 5.74) is 3.12. The van der Waals surface area contributed by atoms with Crippen molar-refractivity contribution in [3.63, 3.8) is 0 Å². The number of ether oxygens (including phenoxy) is 4. The Kier molecular flexibility index (Phi) is 7.03. The summed E-state index contributed by atoms with van der Waals surface area (Å²) in [7, 11) is 6.34. The van der Waals surface area contributed by atoms with E-state index in [4.69, 9.17) is 18.9 Å². The van der Waals surface area contributed by atoms with Crippen molar-refractivity contribution in [2.75, 3.05) is 28.4 Å². The van der Waals surface area contributed by atoms with Crippen LogP contribution in [0.4, 0.5) is 0 Å². The van der Waals surface area contributed by atoms with Crippen LogP contribution in [0.2, 0.25) is 0 Å². The first-order valence-electron chi connectivity index (χ1n) is 9.54. The predicted molar refractivity (Wildman–Crippen MR) is 116 cm³/mol. The molecule has 0 aliphatic heterocycles. The third kappa shape index (κ3) is 4.78. The molecule has 3 aromatic carbocycles. The lowest BCUT2D eigenvalue weighted by molar-refractivity contribution is 0.339. The summed E-state index contributed by atoms with van der Waals surface area (Å²) < 4.78 is 21.1. The van der Waals surface area contributed by atoms with Gasteiger partial charge in [0.25, 0.3) is 0 Å². The number of benzene rings is 3. The Morgan fingerprint density at radius 3 is 1.50 bits per heavy atom. The van der Waals surface area contributed by atoms with Crippen molar-refractivity contribution < 1.29 is 24.1 Å². The summed E-state index contributed by atoms with van der Waals surface area (Å²) >= 11 is 0. The minimum atomic E-state index is -0.0624. The maximum absolute atomic E-state index is 10.2. The predicted octanol–water partition coefficient (Wildman–Crippen LogP) is 4.31. The van der Waals surface area contributed by atoms with E-state index in [2.05, 4.69) is 5.32 Å². The lowest BCUT2D eigenvalue weighted by Crippen LogP contribution is -2.22. The number of methoxy groups -OCH3 is 4. The number of phenolic OH excluding ortho intramolecular Hbond substituents is 1. The molecule has 0 saturated carbocycles. The van der Waals surface area contributed by atoms with Gasteiger partial charge < -0.3 is 29.4 Å². The molecular formula is C24H27NO5. The van der Waals surface area contributed by atoms with E-state index in [0.717, 1.165) is 28.2 Å². The zero-order chi connectivity index (χ0) is 21.5. The van der Waals surface area contributed by atoms with Crippen molar-refractivity contribution in [2.45, 2.75) is 12.6 Å². The molecule has 0 fully saturated rings. The van der Waals surface area contributed by atoms with E-state index in [1.807, 2.05) is 48.5 Å². The molecule has 3 rings (SSSR count). The molecule has 0 spiro atoms. The molecule has 0 radical (unpaired) electrons. The van der Waals surface area contributed by atoms with Crippen LogP contribution in [0.15, 0.2) is 60.7 Å². The van der Waals surface area contributed by atoms with Gasteiger partial charge >= 0.3 is 0 Å². The second-order valence-corrected chi connectivity index (χ2v) is 6.71. The zero-order valence-electron chi connectivity index (χ0n) is 17.6. The van der Waals surface area contributed by atoms with Crippen LogP contribution in [0, 0.1) is 0 Å². The SMILES string of the molecule is COc1ccc(C(NCc2cc(OC)c(O)c(OC)c2)c2ccc(OC)cc2)cc1. The summed E-state index contributed by atoms with van der Waals surface area (Å²) in [6.45, 7) is 0.537. The van der Waals surface area contributed by atoms with E-state index >= 15 is 0 Å². The monoisotopic (exact) mass is 409 g/mol. The quantitative estimate of drug-likeness (QED) is 0.549. The van der Waals surface area contributed by atoms with Gasteiger partial charge in [-0.2, -0.15) is 0 Å². The molecule has 0 aliphatic rings. The van der Waals surface area contributed by atoms with Crippen LogP contribution in [0.3, 0.4) is 0 Å². The van der Waals surface area contributed by atoms with Crippen LogP contribution in [0.5, 0.6) is 28.7 Å². The van der Waals surface area contributed by atoms with Crippen LogP contribution in [-0.4, -0.2) is 33.5 Å². The van der Waals surface area contributed by atoms with E-state index in [1.54, 1.807) is 26.4 Å². The summed E-state index contributed by atoms with van der Waals surface area (Å²) in [5, 5.41) is 13.7. The topological polar surface area (TPSA) is 69.2 Å². The Hall–Kier alpha value is -3.38. The highest BCUT2D eigenvalue weighted by atomic mass is 16.5. The fourth-order valence-corrected chi connectivity index (χ4v) is 3.29. The number of hydrogen-bond acceptors (Lipinski definition) is 6. The maximum Gasteiger partial charge on any atom is 0.200 e. The molecule has 0 atom stereocenters. The summed E-state index contributed by atoms with van der Waals surface area (Å²) in [4.78, 5) is 0. The average molecular weight is 409 g/mol. The zero-order valence-corrected chi connectivity index (χ0v) is 17.6. The normalized spacial score (nSPS) is 10.7. The van der Waals surface area contributed by atoms with Gasteiger partial charge in [0.05, 0.1) is 34.5 Å². The van der Waals surface area contributed by atoms with Crippen LogP contribution in [-0.2, 0) is 6.54 Å². The third-order valence-electron chi connectivity index (χ3n) is 4.95. The second-order valence-electron chi connectivity index (χ2n) is 6.71. The fraction of sp³-hybridized carbons (Fsp3) is 0.250. The van der Waals surface area contributed by atoms with Gasteiger partial charge in [-0.25, -0.2) is 0 Å². The minimum Gasteiger partial charge on any atom is -0.502 e. The third-order valence-corrected chi connectivity index (χ3v) is 4.95. The molecule has 6 heteroatoms. The molecule has 2 N–H and O–H groups in total. The van der Waals surface area contributed by atoms with Gasteiger partial charge in [-0.15, -0.1) is 0 Å². The van der Waals surface area contributed by atoms with E-state index in [-0.39, 0.29) is 11.8 Å².